The minimum absolute atomic E-state index is 0. The lowest BCUT2D eigenvalue weighted by Crippen LogP contribution is -2.45. The van der Waals surface area contributed by atoms with E-state index in [-0.39, 0.29) is 24.8 Å². The smallest absolute Gasteiger partial charge is 0.231 e. The van der Waals surface area contributed by atoms with Gasteiger partial charge in [-0.2, -0.15) is 0 Å². The van der Waals surface area contributed by atoms with E-state index in [0.717, 1.165) is 48.6 Å². The fourth-order valence-corrected chi connectivity index (χ4v) is 3.55. The van der Waals surface area contributed by atoms with Crippen LogP contribution < -0.4 is 14.8 Å². The third kappa shape index (κ3) is 3.41. The van der Waals surface area contributed by atoms with Gasteiger partial charge in [-0.25, -0.2) is 0 Å². The van der Waals surface area contributed by atoms with Crippen LogP contribution in [-0.4, -0.2) is 37.9 Å². The summed E-state index contributed by atoms with van der Waals surface area (Å²) in [5, 5.41) is 4.23. The normalized spacial score (nSPS) is 21.7. The molecule has 4 nitrogen and oxygen atoms in total. The highest BCUT2D eigenvalue weighted by molar-refractivity contribution is 6.31. The Morgan fingerprint density at radius 1 is 1.09 bits per heavy atom. The highest BCUT2D eigenvalue weighted by Crippen LogP contribution is 2.49. The first-order chi connectivity index (χ1) is 9.83. The first-order valence-corrected chi connectivity index (χ1v) is 7.74. The molecule has 1 aliphatic carbocycles. The molecule has 3 aliphatic rings. The zero-order chi connectivity index (χ0) is 13.5. The van der Waals surface area contributed by atoms with E-state index in [1.54, 1.807) is 0 Å². The van der Waals surface area contributed by atoms with Crippen LogP contribution in [0, 0.1) is 5.92 Å². The van der Waals surface area contributed by atoms with Gasteiger partial charge in [0.15, 0.2) is 11.5 Å². The van der Waals surface area contributed by atoms with Crippen LogP contribution in [0.1, 0.15) is 24.4 Å². The van der Waals surface area contributed by atoms with Gasteiger partial charge < -0.3 is 14.8 Å². The molecule has 0 spiro atoms. The quantitative estimate of drug-likeness (QED) is 0.889. The van der Waals surface area contributed by atoms with Gasteiger partial charge in [-0.05, 0) is 30.4 Å². The van der Waals surface area contributed by atoms with Crippen LogP contribution in [0.4, 0.5) is 0 Å². The Morgan fingerprint density at radius 2 is 1.73 bits per heavy atom. The van der Waals surface area contributed by atoms with Gasteiger partial charge in [0, 0.05) is 43.3 Å². The topological polar surface area (TPSA) is 33.7 Å². The van der Waals surface area contributed by atoms with Crippen LogP contribution in [0.15, 0.2) is 12.1 Å². The van der Waals surface area contributed by atoms with Crippen molar-refractivity contribution < 1.29 is 9.47 Å². The lowest BCUT2D eigenvalue weighted by Gasteiger charge is -2.36. The predicted molar refractivity (Wildman–Crippen MR) is 92.0 cm³/mol. The number of hydrogen-bond donors (Lipinski definition) is 1. The summed E-state index contributed by atoms with van der Waals surface area (Å²) in [4.78, 5) is 2.57. The second kappa shape index (κ2) is 7.45. The summed E-state index contributed by atoms with van der Waals surface area (Å²) in [7, 11) is 0. The number of rotatable bonds is 3. The van der Waals surface area contributed by atoms with Gasteiger partial charge in [-0.3, -0.25) is 4.90 Å². The van der Waals surface area contributed by atoms with Gasteiger partial charge in [-0.1, -0.05) is 11.6 Å². The molecule has 2 fully saturated rings. The van der Waals surface area contributed by atoms with Crippen molar-refractivity contribution in [3.8, 4) is 11.5 Å². The zero-order valence-electron chi connectivity index (χ0n) is 12.2. The second-order valence-electron chi connectivity index (χ2n) is 5.80. The molecule has 1 aromatic carbocycles. The van der Waals surface area contributed by atoms with Gasteiger partial charge in [0.2, 0.25) is 6.79 Å². The van der Waals surface area contributed by atoms with E-state index in [9.17, 15) is 0 Å². The molecule has 22 heavy (non-hydrogen) atoms. The van der Waals surface area contributed by atoms with Gasteiger partial charge in [0.1, 0.15) is 0 Å². The van der Waals surface area contributed by atoms with Gasteiger partial charge in [0.05, 0.1) is 0 Å². The van der Waals surface area contributed by atoms with E-state index >= 15 is 0 Å². The Morgan fingerprint density at radius 3 is 2.36 bits per heavy atom. The van der Waals surface area contributed by atoms with Crippen molar-refractivity contribution in [2.24, 2.45) is 5.92 Å². The monoisotopic (exact) mass is 366 g/mol. The van der Waals surface area contributed by atoms with Crippen molar-refractivity contribution in [3.63, 3.8) is 0 Å². The van der Waals surface area contributed by atoms with Crippen molar-refractivity contribution in [1.82, 2.24) is 10.2 Å². The molecular formula is C15H21Cl3N2O2. The number of halogens is 3. The summed E-state index contributed by atoms with van der Waals surface area (Å²) < 4.78 is 10.9. The molecule has 0 aromatic heterocycles. The SMILES string of the molecule is Cl.Cl.Clc1cc2c(cc1[C@H](C1CC1)N1CCNCC1)OCO2. The third-order valence-corrected chi connectivity index (χ3v) is 4.75. The molecule has 7 heteroatoms. The number of piperazine rings is 1. The van der Waals surface area contributed by atoms with Gasteiger partial charge in [-0.15, -0.1) is 24.8 Å². The molecule has 1 atom stereocenters. The fourth-order valence-electron chi connectivity index (χ4n) is 3.28. The Balaban J connectivity index is 0.000000882. The minimum Gasteiger partial charge on any atom is -0.454 e. The maximum atomic E-state index is 6.52. The van der Waals surface area contributed by atoms with Crippen LogP contribution in [0.5, 0.6) is 11.5 Å². The molecule has 1 saturated carbocycles. The Hall–Kier alpha value is -0.390. The van der Waals surface area contributed by atoms with Crippen LogP contribution in [-0.2, 0) is 0 Å². The number of fused-ring (bicyclic) bond motifs is 1. The first kappa shape index (κ1) is 18.0. The minimum atomic E-state index is 0. The fraction of sp³-hybridized carbons (Fsp3) is 0.600. The van der Waals surface area contributed by atoms with Crippen LogP contribution >= 0.6 is 36.4 Å². The molecule has 2 aliphatic heterocycles. The van der Waals surface area contributed by atoms with Crippen molar-refractivity contribution in [2.75, 3.05) is 33.0 Å². The third-order valence-electron chi connectivity index (χ3n) is 4.42. The first-order valence-electron chi connectivity index (χ1n) is 7.37. The molecule has 0 unspecified atom stereocenters. The predicted octanol–water partition coefficient (Wildman–Crippen LogP) is 3.27. The maximum Gasteiger partial charge on any atom is 0.231 e. The van der Waals surface area contributed by atoms with E-state index in [1.165, 1.54) is 18.4 Å². The molecule has 1 saturated heterocycles. The molecule has 0 bridgehead atoms. The lowest BCUT2D eigenvalue weighted by atomic mass is 9.99. The molecule has 1 N–H and O–H groups in total. The zero-order valence-corrected chi connectivity index (χ0v) is 14.6. The van der Waals surface area contributed by atoms with E-state index in [4.69, 9.17) is 21.1 Å². The summed E-state index contributed by atoms with van der Waals surface area (Å²) >= 11 is 6.52. The average molecular weight is 368 g/mol. The summed E-state index contributed by atoms with van der Waals surface area (Å²) in [6.07, 6.45) is 2.61. The van der Waals surface area contributed by atoms with Crippen molar-refractivity contribution >= 4 is 36.4 Å². The summed E-state index contributed by atoms with van der Waals surface area (Å²) in [6, 6.07) is 4.44. The number of hydrogen-bond acceptors (Lipinski definition) is 4. The highest BCUT2D eigenvalue weighted by Gasteiger charge is 2.38. The van der Waals surface area contributed by atoms with E-state index in [0.29, 0.717) is 12.8 Å². The Labute approximate surface area is 148 Å². The Bertz CT molecular complexity index is 520. The Kier molecular flexibility index (Phi) is 6.08. The van der Waals surface area contributed by atoms with E-state index < -0.39 is 0 Å². The van der Waals surface area contributed by atoms with Crippen molar-refractivity contribution in [3.05, 3.63) is 22.7 Å². The van der Waals surface area contributed by atoms with Crippen molar-refractivity contribution in [2.45, 2.75) is 18.9 Å². The number of nitrogens with one attached hydrogen (secondary N) is 1. The largest absolute Gasteiger partial charge is 0.454 e. The molecule has 2 heterocycles. The lowest BCUT2D eigenvalue weighted by molar-refractivity contribution is 0.155. The summed E-state index contributed by atoms with van der Waals surface area (Å²) in [5.74, 6) is 2.35. The molecule has 0 radical (unpaired) electrons. The molecule has 4 rings (SSSR count). The van der Waals surface area contributed by atoms with Crippen LogP contribution in [0.25, 0.3) is 0 Å². The molecular weight excluding hydrogens is 347 g/mol. The molecule has 0 amide bonds. The van der Waals surface area contributed by atoms with Crippen molar-refractivity contribution in [1.29, 1.82) is 0 Å². The van der Waals surface area contributed by atoms with E-state index in [2.05, 4.69) is 16.3 Å². The standard InChI is InChI=1S/C15H19ClN2O2.2ClH/c16-12-8-14-13(19-9-20-14)7-11(12)15(10-1-2-10)18-5-3-17-4-6-18;;/h7-8,10,15,17H,1-6,9H2;2*1H/t15-;;/m0../s1. The summed E-state index contributed by atoms with van der Waals surface area (Å²) in [6.45, 7) is 4.60. The summed E-state index contributed by atoms with van der Waals surface area (Å²) in [5.41, 5.74) is 1.21. The average Bonchev–Trinajstić information content (AvgIpc) is 3.19. The van der Waals surface area contributed by atoms with E-state index in [1.807, 2.05) is 6.07 Å². The molecule has 124 valence electrons. The van der Waals surface area contributed by atoms with Crippen LogP contribution in [0.2, 0.25) is 5.02 Å². The maximum absolute atomic E-state index is 6.52. The van der Waals surface area contributed by atoms with Gasteiger partial charge in [0.25, 0.3) is 0 Å². The number of nitrogens with zero attached hydrogens (tertiary/aromatic N) is 1. The number of benzene rings is 1. The number of ether oxygens (including phenoxy) is 2. The highest BCUT2D eigenvalue weighted by atomic mass is 35.5. The second-order valence-corrected chi connectivity index (χ2v) is 6.20. The van der Waals surface area contributed by atoms with Crippen LogP contribution in [0.3, 0.4) is 0 Å². The molecule has 1 aromatic rings. The van der Waals surface area contributed by atoms with Gasteiger partial charge >= 0.3 is 0 Å².